The van der Waals surface area contributed by atoms with Gasteiger partial charge in [0.1, 0.15) is 5.82 Å². The van der Waals surface area contributed by atoms with Crippen molar-refractivity contribution in [1.82, 2.24) is 30.0 Å². The van der Waals surface area contributed by atoms with Crippen LogP contribution in [0.15, 0.2) is 12.3 Å². The lowest BCUT2D eigenvalue weighted by Crippen LogP contribution is -2.37. The van der Waals surface area contributed by atoms with Gasteiger partial charge in [-0.3, -0.25) is 9.48 Å². The lowest BCUT2D eigenvalue weighted by molar-refractivity contribution is -0.133. The molecule has 7 heteroatoms. The van der Waals surface area contributed by atoms with Crippen LogP contribution in [0.25, 0.3) is 0 Å². The van der Waals surface area contributed by atoms with E-state index in [2.05, 4.69) is 22.3 Å². The quantitative estimate of drug-likeness (QED) is 0.896. The van der Waals surface area contributed by atoms with E-state index in [9.17, 15) is 4.79 Å². The molecule has 1 saturated heterocycles. The summed E-state index contributed by atoms with van der Waals surface area (Å²) in [6, 6.07) is 2.39. The first kappa shape index (κ1) is 18.1. The zero-order valence-corrected chi connectivity index (χ0v) is 16.4. The fourth-order valence-electron chi connectivity index (χ4n) is 4.18. The van der Waals surface area contributed by atoms with Gasteiger partial charge < -0.3 is 10.2 Å². The highest BCUT2D eigenvalue weighted by atomic mass is 16.2. The maximum absolute atomic E-state index is 12.8. The Morgan fingerprint density at radius 3 is 2.96 bits per heavy atom. The second-order valence-corrected chi connectivity index (χ2v) is 7.84. The predicted octanol–water partition coefficient (Wildman–Crippen LogP) is 2.25. The van der Waals surface area contributed by atoms with Crippen molar-refractivity contribution >= 4 is 5.91 Å². The molecule has 0 radical (unpaired) electrons. The van der Waals surface area contributed by atoms with Gasteiger partial charge in [0, 0.05) is 43.4 Å². The van der Waals surface area contributed by atoms with Gasteiger partial charge >= 0.3 is 0 Å². The van der Waals surface area contributed by atoms with E-state index in [1.165, 1.54) is 6.42 Å². The molecule has 7 nitrogen and oxygen atoms in total. The molecule has 27 heavy (non-hydrogen) atoms. The number of aryl methyl sites for hydroxylation is 2. The Kier molecular flexibility index (Phi) is 4.95. The lowest BCUT2D eigenvalue weighted by atomic mass is 10.1. The summed E-state index contributed by atoms with van der Waals surface area (Å²) < 4.78 is 1.95. The van der Waals surface area contributed by atoms with E-state index in [-0.39, 0.29) is 18.0 Å². The van der Waals surface area contributed by atoms with Crippen LogP contribution < -0.4 is 5.32 Å². The SMILES string of the molecule is Cc1cc(C)n([C@H](C)CC(=O)N2CCc3nc([C@H]4CCCN4)ncc3C2)n1. The minimum Gasteiger partial charge on any atom is -0.338 e. The molecular formula is C20H28N6O. The summed E-state index contributed by atoms with van der Waals surface area (Å²) in [4.78, 5) is 24.1. The Morgan fingerprint density at radius 1 is 1.41 bits per heavy atom. The molecule has 144 valence electrons. The van der Waals surface area contributed by atoms with Gasteiger partial charge in [-0.2, -0.15) is 5.10 Å². The van der Waals surface area contributed by atoms with Crippen molar-refractivity contribution in [2.45, 2.75) is 65.1 Å². The van der Waals surface area contributed by atoms with E-state index < -0.39 is 0 Å². The standard InChI is InChI=1S/C20H28N6O/c1-13-9-14(2)26(24-13)15(3)10-19(27)25-8-6-17-16(12-25)11-22-20(23-17)18-5-4-7-21-18/h9,11,15,18,21H,4-8,10,12H2,1-3H3/t15-,18-/m1/s1. The Labute approximate surface area is 160 Å². The topological polar surface area (TPSA) is 75.9 Å². The van der Waals surface area contributed by atoms with Crippen LogP contribution in [0.3, 0.4) is 0 Å². The summed E-state index contributed by atoms with van der Waals surface area (Å²) in [6.45, 7) is 8.45. The summed E-state index contributed by atoms with van der Waals surface area (Å²) in [7, 11) is 0. The van der Waals surface area contributed by atoms with E-state index in [4.69, 9.17) is 4.98 Å². The van der Waals surface area contributed by atoms with Crippen LogP contribution in [-0.4, -0.2) is 43.6 Å². The molecule has 0 bridgehead atoms. The number of carbonyl (C=O) groups is 1. The average molecular weight is 368 g/mol. The first-order chi connectivity index (χ1) is 13.0. The largest absolute Gasteiger partial charge is 0.338 e. The van der Waals surface area contributed by atoms with Crippen molar-refractivity contribution < 1.29 is 4.79 Å². The summed E-state index contributed by atoms with van der Waals surface area (Å²) in [5.41, 5.74) is 4.26. The highest BCUT2D eigenvalue weighted by molar-refractivity contribution is 5.76. The van der Waals surface area contributed by atoms with E-state index >= 15 is 0 Å². The first-order valence-corrected chi connectivity index (χ1v) is 9.90. The van der Waals surface area contributed by atoms with Crippen molar-refractivity contribution in [3.63, 3.8) is 0 Å². The smallest absolute Gasteiger partial charge is 0.225 e. The molecule has 1 N–H and O–H groups in total. The first-order valence-electron chi connectivity index (χ1n) is 9.90. The third-order valence-corrected chi connectivity index (χ3v) is 5.61. The Balaban J connectivity index is 1.41. The Morgan fingerprint density at radius 2 is 2.26 bits per heavy atom. The Bertz CT molecular complexity index is 839. The summed E-state index contributed by atoms with van der Waals surface area (Å²) in [6.07, 6.45) is 5.47. The number of nitrogens with zero attached hydrogens (tertiary/aromatic N) is 5. The zero-order valence-electron chi connectivity index (χ0n) is 16.4. The van der Waals surface area contributed by atoms with Crippen LogP contribution in [0.5, 0.6) is 0 Å². The third kappa shape index (κ3) is 3.74. The van der Waals surface area contributed by atoms with Gasteiger partial charge in [0.15, 0.2) is 0 Å². The molecule has 2 aliphatic rings. The molecule has 2 aromatic rings. The highest BCUT2D eigenvalue weighted by Crippen LogP contribution is 2.24. The van der Waals surface area contributed by atoms with Crippen molar-refractivity contribution in [3.05, 3.63) is 40.7 Å². The summed E-state index contributed by atoms with van der Waals surface area (Å²) in [5, 5.41) is 7.96. The van der Waals surface area contributed by atoms with Crippen LogP contribution in [0.4, 0.5) is 0 Å². The molecule has 0 saturated carbocycles. The molecule has 2 atom stereocenters. The fraction of sp³-hybridized carbons (Fsp3) is 0.600. The van der Waals surface area contributed by atoms with Gasteiger partial charge in [0.25, 0.3) is 0 Å². The van der Waals surface area contributed by atoms with Gasteiger partial charge in [0.2, 0.25) is 5.91 Å². The normalized spacial score (nSPS) is 20.6. The van der Waals surface area contributed by atoms with Gasteiger partial charge in [-0.15, -0.1) is 0 Å². The van der Waals surface area contributed by atoms with Crippen LogP contribution in [-0.2, 0) is 17.8 Å². The summed E-state index contributed by atoms with van der Waals surface area (Å²) >= 11 is 0. The van der Waals surface area contributed by atoms with E-state index in [1.807, 2.05) is 35.7 Å². The van der Waals surface area contributed by atoms with E-state index in [0.29, 0.717) is 13.0 Å². The van der Waals surface area contributed by atoms with Gasteiger partial charge in [0.05, 0.1) is 23.5 Å². The highest BCUT2D eigenvalue weighted by Gasteiger charge is 2.26. The average Bonchev–Trinajstić information content (AvgIpc) is 3.30. The summed E-state index contributed by atoms with van der Waals surface area (Å²) in [5.74, 6) is 1.08. The maximum atomic E-state index is 12.8. The lowest BCUT2D eigenvalue weighted by Gasteiger charge is -2.29. The molecule has 4 heterocycles. The van der Waals surface area contributed by atoms with Crippen LogP contribution >= 0.6 is 0 Å². The van der Waals surface area contributed by atoms with Gasteiger partial charge in [-0.1, -0.05) is 0 Å². The minimum atomic E-state index is 0.0552. The monoisotopic (exact) mass is 368 g/mol. The van der Waals surface area contributed by atoms with Gasteiger partial charge in [-0.25, -0.2) is 9.97 Å². The van der Waals surface area contributed by atoms with Crippen molar-refractivity contribution in [1.29, 1.82) is 0 Å². The van der Waals surface area contributed by atoms with Crippen LogP contribution in [0.2, 0.25) is 0 Å². The van der Waals surface area contributed by atoms with Crippen LogP contribution in [0, 0.1) is 13.8 Å². The van der Waals surface area contributed by atoms with Gasteiger partial charge in [-0.05, 0) is 46.2 Å². The number of rotatable bonds is 4. The zero-order chi connectivity index (χ0) is 19.0. The fourth-order valence-corrected chi connectivity index (χ4v) is 4.18. The number of carbonyl (C=O) groups excluding carboxylic acids is 1. The number of hydrogen-bond donors (Lipinski definition) is 1. The van der Waals surface area contributed by atoms with E-state index in [0.717, 1.165) is 54.4 Å². The van der Waals surface area contributed by atoms with Crippen molar-refractivity contribution in [3.8, 4) is 0 Å². The number of amides is 1. The molecule has 0 unspecified atom stereocenters. The molecule has 0 aliphatic carbocycles. The second-order valence-electron chi connectivity index (χ2n) is 7.84. The molecule has 4 rings (SSSR count). The molecule has 2 aliphatic heterocycles. The number of nitrogens with one attached hydrogen (secondary N) is 1. The predicted molar refractivity (Wildman–Crippen MR) is 102 cm³/mol. The molecule has 1 fully saturated rings. The molecular weight excluding hydrogens is 340 g/mol. The number of aromatic nitrogens is 4. The molecule has 1 amide bonds. The number of fused-ring (bicyclic) bond motifs is 1. The Hall–Kier alpha value is -2.28. The van der Waals surface area contributed by atoms with Crippen molar-refractivity contribution in [2.24, 2.45) is 0 Å². The minimum absolute atomic E-state index is 0.0552. The van der Waals surface area contributed by atoms with E-state index in [1.54, 1.807) is 0 Å². The third-order valence-electron chi connectivity index (χ3n) is 5.61. The van der Waals surface area contributed by atoms with Crippen molar-refractivity contribution in [2.75, 3.05) is 13.1 Å². The maximum Gasteiger partial charge on any atom is 0.225 e. The molecule has 2 aromatic heterocycles. The molecule has 0 spiro atoms. The molecule has 0 aromatic carbocycles. The second kappa shape index (κ2) is 7.38. The van der Waals surface area contributed by atoms with Crippen LogP contribution in [0.1, 0.15) is 66.7 Å². The number of hydrogen-bond acceptors (Lipinski definition) is 5.